The van der Waals surface area contributed by atoms with Gasteiger partial charge in [0.25, 0.3) is 0 Å². The number of carbonyl (C=O) groups excluding carboxylic acids is 1. The molecule has 1 atom stereocenters. The number of rotatable bonds is 9. The SMILES string of the molecule is COc1cc(OC)c(C(=O)C(CCP=O)c2ccccc2)c(OC)c1. The lowest BCUT2D eigenvalue weighted by Crippen LogP contribution is -2.16. The number of hydrogen-bond donors (Lipinski definition) is 0. The second-order valence-corrected chi connectivity index (χ2v) is 6.08. The van der Waals surface area contributed by atoms with Gasteiger partial charge in [-0.05, 0) is 12.0 Å². The molecule has 6 heteroatoms. The molecule has 132 valence electrons. The maximum atomic E-state index is 13.3. The van der Waals surface area contributed by atoms with Gasteiger partial charge in [0.2, 0.25) is 0 Å². The Balaban J connectivity index is 2.53. The molecule has 2 rings (SSSR count). The highest BCUT2D eigenvalue weighted by Crippen LogP contribution is 2.38. The number of benzene rings is 2. The lowest BCUT2D eigenvalue weighted by Gasteiger charge is -2.19. The van der Waals surface area contributed by atoms with Crippen LogP contribution < -0.4 is 14.2 Å². The van der Waals surface area contributed by atoms with E-state index in [0.717, 1.165) is 5.56 Å². The van der Waals surface area contributed by atoms with Crippen LogP contribution in [0.3, 0.4) is 0 Å². The molecule has 0 bridgehead atoms. The average molecular weight is 360 g/mol. The number of carbonyl (C=O) groups is 1. The van der Waals surface area contributed by atoms with Gasteiger partial charge in [0, 0.05) is 24.2 Å². The molecule has 0 radical (unpaired) electrons. The molecule has 0 heterocycles. The van der Waals surface area contributed by atoms with Crippen LogP contribution in [0.4, 0.5) is 0 Å². The van der Waals surface area contributed by atoms with Crippen LogP contribution in [0, 0.1) is 0 Å². The molecule has 1 unspecified atom stereocenters. The molecule has 0 aliphatic carbocycles. The van der Waals surface area contributed by atoms with Gasteiger partial charge in [-0.15, -0.1) is 0 Å². The first-order valence-corrected chi connectivity index (χ1v) is 8.84. The van der Waals surface area contributed by atoms with Crippen LogP contribution in [0.2, 0.25) is 0 Å². The van der Waals surface area contributed by atoms with Gasteiger partial charge in [0.15, 0.2) is 14.2 Å². The van der Waals surface area contributed by atoms with Gasteiger partial charge >= 0.3 is 0 Å². The number of ketones is 1. The Morgan fingerprint density at radius 3 is 2.08 bits per heavy atom. The molecule has 0 N–H and O–H groups in total. The fraction of sp³-hybridized carbons (Fsp3) is 0.316. The Bertz CT molecular complexity index is 705. The summed E-state index contributed by atoms with van der Waals surface area (Å²) in [5.74, 6) is 0.758. The highest BCUT2D eigenvalue weighted by atomic mass is 31.1. The summed E-state index contributed by atoms with van der Waals surface area (Å²) in [4.78, 5) is 13.3. The van der Waals surface area contributed by atoms with E-state index >= 15 is 0 Å². The van der Waals surface area contributed by atoms with Gasteiger partial charge in [-0.2, -0.15) is 0 Å². The van der Waals surface area contributed by atoms with Crippen LogP contribution >= 0.6 is 8.46 Å². The maximum Gasteiger partial charge on any atom is 0.177 e. The molecular formula is C19H21O5P. The molecule has 0 aromatic heterocycles. The standard InChI is InChI=1S/C19H21O5P/c1-22-14-11-16(23-2)18(17(12-14)24-3)19(20)15(9-10-25-21)13-7-5-4-6-8-13/h4-8,11-12,15H,9-10H2,1-3H3. The number of hydrogen-bond acceptors (Lipinski definition) is 5. The minimum absolute atomic E-state index is 0.0163. The first-order valence-electron chi connectivity index (χ1n) is 7.84. The monoisotopic (exact) mass is 360 g/mol. The summed E-state index contributed by atoms with van der Waals surface area (Å²) in [5, 5.41) is 0. The van der Waals surface area contributed by atoms with E-state index in [2.05, 4.69) is 0 Å². The van der Waals surface area contributed by atoms with E-state index < -0.39 is 5.92 Å². The molecule has 0 saturated heterocycles. The van der Waals surface area contributed by atoms with Crippen molar-refractivity contribution < 1.29 is 23.6 Å². The molecule has 2 aromatic rings. The van der Waals surface area contributed by atoms with Crippen molar-refractivity contribution >= 4 is 14.2 Å². The highest BCUT2D eigenvalue weighted by molar-refractivity contribution is 7.23. The number of ether oxygens (including phenoxy) is 3. The molecule has 0 fully saturated rings. The summed E-state index contributed by atoms with van der Waals surface area (Å²) in [6, 6.07) is 12.8. The van der Waals surface area contributed by atoms with Crippen molar-refractivity contribution in [2.24, 2.45) is 0 Å². The van der Waals surface area contributed by atoms with Crippen LogP contribution in [0.15, 0.2) is 42.5 Å². The van der Waals surface area contributed by atoms with Gasteiger partial charge in [-0.3, -0.25) is 9.36 Å². The van der Waals surface area contributed by atoms with Gasteiger partial charge in [-0.1, -0.05) is 30.3 Å². The van der Waals surface area contributed by atoms with Gasteiger partial charge in [0.05, 0.1) is 21.3 Å². The van der Waals surface area contributed by atoms with E-state index in [4.69, 9.17) is 14.2 Å². The van der Waals surface area contributed by atoms with Crippen molar-refractivity contribution in [3.63, 3.8) is 0 Å². The predicted octanol–water partition coefficient (Wildman–Crippen LogP) is 4.36. The summed E-state index contributed by atoms with van der Waals surface area (Å²) in [6.07, 6.45) is 0.859. The first-order chi connectivity index (χ1) is 12.2. The van der Waals surface area contributed by atoms with E-state index in [1.807, 2.05) is 30.3 Å². The summed E-state index contributed by atoms with van der Waals surface area (Å²) >= 11 is 0. The van der Waals surface area contributed by atoms with Crippen molar-refractivity contribution in [3.05, 3.63) is 53.6 Å². The predicted molar refractivity (Wildman–Crippen MR) is 96.7 cm³/mol. The zero-order valence-corrected chi connectivity index (χ0v) is 15.4. The van der Waals surface area contributed by atoms with Crippen molar-refractivity contribution in [1.82, 2.24) is 0 Å². The molecule has 5 nitrogen and oxygen atoms in total. The summed E-state index contributed by atoms with van der Waals surface area (Å²) in [6.45, 7) is 0. The third-order valence-corrected chi connectivity index (χ3v) is 4.43. The fourth-order valence-corrected chi connectivity index (χ4v) is 3.10. The molecular weight excluding hydrogens is 339 g/mol. The lowest BCUT2D eigenvalue weighted by molar-refractivity contribution is 0.0951. The minimum atomic E-state index is -0.432. The highest BCUT2D eigenvalue weighted by Gasteiger charge is 2.28. The zero-order chi connectivity index (χ0) is 18.2. The van der Waals surface area contributed by atoms with Gasteiger partial charge in [-0.25, -0.2) is 0 Å². The third kappa shape index (κ3) is 4.37. The molecule has 0 saturated carbocycles. The number of Topliss-reactive ketones (excluding diaryl/α,β-unsaturated/α-hetero) is 1. The van der Waals surface area contributed by atoms with Gasteiger partial charge < -0.3 is 14.2 Å². The van der Waals surface area contributed by atoms with Crippen molar-refractivity contribution in [1.29, 1.82) is 0 Å². The van der Waals surface area contributed by atoms with Crippen LogP contribution in [0.1, 0.15) is 28.3 Å². The first kappa shape index (κ1) is 18.9. The summed E-state index contributed by atoms with van der Waals surface area (Å²) in [7, 11) is 4.55. The van der Waals surface area contributed by atoms with Crippen LogP contribution in [0.25, 0.3) is 0 Å². The Morgan fingerprint density at radius 2 is 1.60 bits per heavy atom. The Kier molecular flexibility index (Phi) is 6.96. The summed E-state index contributed by atoms with van der Waals surface area (Å²) in [5.41, 5.74) is 1.23. The largest absolute Gasteiger partial charge is 0.496 e. The van der Waals surface area contributed by atoms with Crippen LogP contribution in [0.5, 0.6) is 17.2 Å². The Hall–Kier alpha value is -2.39. The van der Waals surface area contributed by atoms with E-state index in [-0.39, 0.29) is 14.2 Å². The van der Waals surface area contributed by atoms with Crippen molar-refractivity contribution in [3.8, 4) is 17.2 Å². The quantitative estimate of drug-likeness (QED) is 0.491. The molecule has 25 heavy (non-hydrogen) atoms. The third-order valence-electron chi connectivity index (χ3n) is 3.99. The topological polar surface area (TPSA) is 61.8 Å². The molecule has 0 spiro atoms. The maximum absolute atomic E-state index is 13.3. The number of methoxy groups -OCH3 is 3. The second-order valence-electron chi connectivity index (χ2n) is 5.38. The molecule has 2 aromatic carbocycles. The molecule has 0 aliphatic heterocycles. The normalized spacial score (nSPS) is 11.8. The molecule has 0 aliphatic rings. The van der Waals surface area contributed by atoms with E-state index in [9.17, 15) is 9.36 Å². The molecule has 0 amide bonds. The average Bonchev–Trinajstić information content (AvgIpc) is 2.67. The fourth-order valence-electron chi connectivity index (χ4n) is 2.74. The Labute approximate surface area is 149 Å². The minimum Gasteiger partial charge on any atom is -0.496 e. The van der Waals surface area contributed by atoms with E-state index in [1.165, 1.54) is 21.3 Å². The lowest BCUT2D eigenvalue weighted by atomic mass is 9.87. The van der Waals surface area contributed by atoms with Crippen LogP contribution in [-0.4, -0.2) is 33.3 Å². The second kappa shape index (κ2) is 9.19. The smallest absolute Gasteiger partial charge is 0.177 e. The van der Waals surface area contributed by atoms with Crippen molar-refractivity contribution in [2.45, 2.75) is 12.3 Å². The van der Waals surface area contributed by atoms with E-state index in [1.54, 1.807) is 12.1 Å². The van der Waals surface area contributed by atoms with Crippen LogP contribution in [-0.2, 0) is 4.57 Å². The van der Waals surface area contributed by atoms with E-state index in [0.29, 0.717) is 35.4 Å². The summed E-state index contributed by atoms with van der Waals surface area (Å²) < 4.78 is 27.0. The zero-order valence-electron chi connectivity index (χ0n) is 14.5. The van der Waals surface area contributed by atoms with Crippen molar-refractivity contribution in [2.75, 3.05) is 27.5 Å². The Morgan fingerprint density at radius 1 is 1.00 bits per heavy atom. The van der Waals surface area contributed by atoms with Gasteiger partial charge in [0.1, 0.15) is 22.8 Å².